The Morgan fingerprint density at radius 2 is 2.24 bits per heavy atom. The van der Waals surface area contributed by atoms with Crippen LogP contribution in [0.1, 0.15) is 11.1 Å². The van der Waals surface area contributed by atoms with Crippen molar-refractivity contribution in [1.29, 1.82) is 5.26 Å². The second kappa shape index (κ2) is 6.68. The number of rotatable bonds is 4. The molecule has 1 aromatic carbocycles. The molecule has 0 radical (unpaired) electrons. The standard InChI is InChI=1S/C15H14N4OS/c1-10-4-3-5-13(11(10)2)19-14(20)12(8-16)9-18-15-17-6-7-21-15/h3-7,9H,1-2H3,(H,17,18)(H,19,20)/b12-9-. The van der Waals surface area contributed by atoms with E-state index >= 15 is 0 Å². The third kappa shape index (κ3) is 3.68. The fourth-order valence-electron chi connectivity index (χ4n) is 1.65. The maximum absolute atomic E-state index is 12.1. The summed E-state index contributed by atoms with van der Waals surface area (Å²) >= 11 is 1.39. The number of nitrogens with one attached hydrogen (secondary N) is 2. The molecule has 0 bridgehead atoms. The second-order valence-corrected chi connectivity index (χ2v) is 5.25. The van der Waals surface area contributed by atoms with Gasteiger partial charge >= 0.3 is 0 Å². The zero-order valence-electron chi connectivity index (χ0n) is 11.7. The highest BCUT2D eigenvalue weighted by Crippen LogP contribution is 2.18. The lowest BCUT2D eigenvalue weighted by Gasteiger charge is -2.09. The molecule has 1 heterocycles. The van der Waals surface area contributed by atoms with Crippen LogP contribution in [0.3, 0.4) is 0 Å². The topological polar surface area (TPSA) is 77.8 Å². The Morgan fingerprint density at radius 1 is 1.43 bits per heavy atom. The van der Waals surface area contributed by atoms with Crippen molar-refractivity contribution < 1.29 is 4.79 Å². The highest BCUT2D eigenvalue weighted by Gasteiger charge is 2.11. The van der Waals surface area contributed by atoms with Gasteiger partial charge in [0.05, 0.1) is 0 Å². The molecule has 0 aliphatic heterocycles. The first kappa shape index (κ1) is 14.8. The predicted octanol–water partition coefficient (Wildman–Crippen LogP) is 3.22. The lowest BCUT2D eigenvalue weighted by atomic mass is 10.1. The summed E-state index contributed by atoms with van der Waals surface area (Å²) in [6, 6.07) is 7.52. The van der Waals surface area contributed by atoms with Crippen LogP contribution in [0.25, 0.3) is 0 Å². The number of carbonyl (C=O) groups excluding carboxylic acids is 1. The third-order valence-electron chi connectivity index (χ3n) is 2.99. The van der Waals surface area contributed by atoms with Crippen molar-refractivity contribution in [2.75, 3.05) is 10.6 Å². The molecule has 0 aliphatic carbocycles. The van der Waals surface area contributed by atoms with Crippen molar-refractivity contribution in [3.63, 3.8) is 0 Å². The summed E-state index contributed by atoms with van der Waals surface area (Å²) in [4.78, 5) is 16.1. The van der Waals surface area contributed by atoms with Crippen LogP contribution in [0.15, 0.2) is 41.5 Å². The van der Waals surface area contributed by atoms with Gasteiger partial charge in [-0.15, -0.1) is 11.3 Å². The van der Waals surface area contributed by atoms with E-state index in [4.69, 9.17) is 5.26 Å². The maximum atomic E-state index is 12.1. The monoisotopic (exact) mass is 298 g/mol. The van der Waals surface area contributed by atoms with Crippen molar-refractivity contribution >= 4 is 28.1 Å². The largest absolute Gasteiger partial charge is 0.337 e. The number of amides is 1. The first-order valence-electron chi connectivity index (χ1n) is 6.25. The average molecular weight is 298 g/mol. The number of hydrogen-bond donors (Lipinski definition) is 2. The van der Waals surface area contributed by atoms with Gasteiger partial charge in [0.25, 0.3) is 5.91 Å². The predicted molar refractivity (Wildman–Crippen MR) is 84.0 cm³/mol. The van der Waals surface area contributed by atoms with Crippen molar-refractivity contribution in [2.45, 2.75) is 13.8 Å². The van der Waals surface area contributed by atoms with Gasteiger partial charge in [0.15, 0.2) is 5.13 Å². The van der Waals surface area contributed by atoms with E-state index < -0.39 is 5.91 Å². The van der Waals surface area contributed by atoms with Crippen LogP contribution in [0.2, 0.25) is 0 Å². The Balaban J connectivity index is 2.12. The summed E-state index contributed by atoms with van der Waals surface area (Å²) in [7, 11) is 0. The van der Waals surface area contributed by atoms with Gasteiger partial charge in [-0.1, -0.05) is 12.1 Å². The van der Waals surface area contributed by atoms with Gasteiger partial charge in [0.2, 0.25) is 0 Å². The van der Waals surface area contributed by atoms with Gasteiger partial charge in [0, 0.05) is 23.5 Å². The second-order valence-electron chi connectivity index (χ2n) is 4.35. The number of aryl methyl sites for hydroxylation is 1. The lowest BCUT2D eigenvalue weighted by molar-refractivity contribution is -0.112. The Morgan fingerprint density at radius 3 is 2.90 bits per heavy atom. The molecular weight excluding hydrogens is 284 g/mol. The van der Waals surface area contributed by atoms with Crippen LogP contribution in [-0.4, -0.2) is 10.9 Å². The molecule has 1 aromatic heterocycles. The van der Waals surface area contributed by atoms with Crippen LogP contribution < -0.4 is 10.6 Å². The number of anilines is 2. The Labute approximate surface area is 127 Å². The number of benzene rings is 1. The molecule has 21 heavy (non-hydrogen) atoms. The van der Waals surface area contributed by atoms with Crippen LogP contribution in [0, 0.1) is 25.2 Å². The molecular formula is C15H14N4OS. The number of carbonyl (C=O) groups is 1. The molecule has 106 valence electrons. The minimum Gasteiger partial charge on any atom is -0.337 e. The van der Waals surface area contributed by atoms with Gasteiger partial charge in [-0.25, -0.2) is 4.98 Å². The fraction of sp³-hybridized carbons (Fsp3) is 0.133. The van der Waals surface area contributed by atoms with Crippen molar-refractivity contribution in [3.05, 3.63) is 52.7 Å². The number of thiazole rings is 1. The molecule has 0 atom stereocenters. The van der Waals surface area contributed by atoms with Crippen molar-refractivity contribution in [1.82, 2.24) is 4.98 Å². The Hall–Kier alpha value is -2.65. The molecule has 2 aromatic rings. The maximum Gasteiger partial charge on any atom is 0.267 e. The number of hydrogen-bond acceptors (Lipinski definition) is 5. The minimum absolute atomic E-state index is 0.00824. The summed E-state index contributed by atoms with van der Waals surface area (Å²) in [6.45, 7) is 3.89. The van der Waals surface area contributed by atoms with E-state index in [1.54, 1.807) is 11.6 Å². The van der Waals surface area contributed by atoms with E-state index in [2.05, 4.69) is 15.6 Å². The number of nitriles is 1. The molecule has 0 saturated heterocycles. The smallest absolute Gasteiger partial charge is 0.267 e. The molecule has 6 heteroatoms. The van der Waals surface area contributed by atoms with Gasteiger partial charge in [-0.05, 0) is 31.0 Å². The van der Waals surface area contributed by atoms with Gasteiger partial charge in [-0.3, -0.25) is 4.79 Å². The van der Waals surface area contributed by atoms with E-state index in [1.165, 1.54) is 17.5 Å². The summed E-state index contributed by atoms with van der Waals surface area (Å²) < 4.78 is 0. The summed E-state index contributed by atoms with van der Waals surface area (Å²) in [6.07, 6.45) is 3.00. The summed E-state index contributed by atoms with van der Waals surface area (Å²) in [5.41, 5.74) is 2.76. The number of nitrogens with zero attached hydrogens (tertiary/aromatic N) is 2. The van der Waals surface area contributed by atoms with Crippen LogP contribution in [0.4, 0.5) is 10.8 Å². The van der Waals surface area contributed by atoms with Crippen LogP contribution in [0.5, 0.6) is 0 Å². The minimum atomic E-state index is -0.449. The Bertz CT molecular complexity index is 714. The van der Waals surface area contributed by atoms with E-state index in [1.807, 2.05) is 38.1 Å². The van der Waals surface area contributed by atoms with E-state index in [0.29, 0.717) is 10.8 Å². The van der Waals surface area contributed by atoms with Crippen LogP contribution >= 0.6 is 11.3 Å². The van der Waals surface area contributed by atoms with Gasteiger partial charge in [0.1, 0.15) is 11.6 Å². The van der Waals surface area contributed by atoms with E-state index in [0.717, 1.165) is 11.1 Å². The van der Waals surface area contributed by atoms with E-state index in [-0.39, 0.29) is 5.57 Å². The number of aromatic nitrogens is 1. The van der Waals surface area contributed by atoms with Gasteiger partial charge in [-0.2, -0.15) is 5.26 Å². The third-order valence-corrected chi connectivity index (χ3v) is 3.69. The molecule has 0 spiro atoms. The molecule has 0 saturated carbocycles. The summed E-state index contributed by atoms with van der Waals surface area (Å²) in [5, 5.41) is 17.1. The molecule has 0 unspecified atom stereocenters. The zero-order valence-corrected chi connectivity index (χ0v) is 12.5. The Kier molecular flexibility index (Phi) is 4.69. The highest BCUT2D eigenvalue weighted by molar-refractivity contribution is 7.13. The van der Waals surface area contributed by atoms with Crippen LogP contribution in [-0.2, 0) is 4.79 Å². The quantitative estimate of drug-likeness (QED) is 0.671. The lowest BCUT2D eigenvalue weighted by Crippen LogP contribution is -2.15. The summed E-state index contributed by atoms with van der Waals surface area (Å²) in [5.74, 6) is -0.449. The SMILES string of the molecule is Cc1cccc(NC(=O)/C(C#N)=C\Nc2nccs2)c1C. The highest BCUT2D eigenvalue weighted by atomic mass is 32.1. The first-order chi connectivity index (χ1) is 10.1. The van der Waals surface area contributed by atoms with Gasteiger partial charge < -0.3 is 10.6 Å². The first-order valence-corrected chi connectivity index (χ1v) is 7.13. The van der Waals surface area contributed by atoms with Crippen molar-refractivity contribution in [2.24, 2.45) is 0 Å². The molecule has 0 fully saturated rings. The van der Waals surface area contributed by atoms with Crippen molar-refractivity contribution in [3.8, 4) is 6.07 Å². The van der Waals surface area contributed by atoms with E-state index in [9.17, 15) is 4.79 Å². The average Bonchev–Trinajstić information content (AvgIpc) is 2.98. The fourth-order valence-corrected chi connectivity index (χ4v) is 2.15. The zero-order chi connectivity index (χ0) is 15.2. The molecule has 2 N–H and O–H groups in total. The molecule has 5 nitrogen and oxygen atoms in total. The molecule has 2 rings (SSSR count). The molecule has 1 amide bonds. The molecule has 0 aliphatic rings. The normalized spacial score (nSPS) is 10.8.